The minimum Gasteiger partial charge on any atom is -0.488 e. The predicted octanol–water partition coefficient (Wildman–Crippen LogP) is 1.30. The van der Waals surface area contributed by atoms with E-state index < -0.39 is 10.0 Å². The van der Waals surface area contributed by atoms with Crippen LogP contribution in [0.4, 0.5) is 0 Å². The molecule has 0 radical (unpaired) electrons. The van der Waals surface area contributed by atoms with Crippen LogP contribution in [0.1, 0.15) is 0 Å². The maximum Gasteiger partial charge on any atom is 0.284 e. The fourth-order valence-corrected chi connectivity index (χ4v) is 2.39. The summed E-state index contributed by atoms with van der Waals surface area (Å²) in [6.45, 7) is -0.158. The van der Waals surface area contributed by atoms with Crippen LogP contribution >= 0.6 is 11.6 Å². The molecule has 17 heavy (non-hydrogen) atoms. The molecule has 0 aromatic heterocycles. The summed E-state index contributed by atoms with van der Waals surface area (Å²) in [4.78, 5) is -0.0301. The molecule has 0 atom stereocenters. The molecule has 1 aromatic carbocycles. The van der Waals surface area contributed by atoms with Crippen LogP contribution in [0.3, 0.4) is 0 Å². The lowest BCUT2D eigenvalue weighted by molar-refractivity contribution is 0.357. The molecule has 1 aliphatic heterocycles. The molecule has 0 aliphatic carbocycles. The van der Waals surface area contributed by atoms with E-state index in [4.69, 9.17) is 22.1 Å². The molecule has 2 rings (SSSR count). The van der Waals surface area contributed by atoms with Crippen molar-refractivity contribution in [2.24, 2.45) is 10.1 Å². The van der Waals surface area contributed by atoms with E-state index in [9.17, 15) is 8.42 Å². The minimum atomic E-state index is -3.65. The molecule has 0 bridgehead atoms. The largest absolute Gasteiger partial charge is 0.488 e. The van der Waals surface area contributed by atoms with E-state index in [1.54, 1.807) is 24.3 Å². The summed E-state index contributed by atoms with van der Waals surface area (Å²) in [5.74, 6) is 0.472. The van der Waals surface area contributed by atoms with E-state index in [-0.39, 0.29) is 17.2 Å². The van der Waals surface area contributed by atoms with Crippen LogP contribution < -0.4 is 10.5 Å². The molecule has 0 amide bonds. The molecule has 2 N–H and O–H groups in total. The van der Waals surface area contributed by atoms with Gasteiger partial charge in [0.2, 0.25) is 0 Å². The highest BCUT2D eigenvalue weighted by Gasteiger charge is 2.25. The molecule has 0 saturated heterocycles. The standard InChI is InChI=1S/C10H9ClN2O3S/c11-7-2-1-3-8(4-7)16-6-10-9(12)5-13-17(10,14)15/h1-5H,6,12H2. The van der Waals surface area contributed by atoms with Gasteiger partial charge in [0, 0.05) is 5.02 Å². The lowest BCUT2D eigenvalue weighted by Crippen LogP contribution is -2.12. The van der Waals surface area contributed by atoms with Crippen molar-refractivity contribution in [3.8, 4) is 5.75 Å². The van der Waals surface area contributed by atoms with Crippen LogP contribution in [0.2, 0.25) is 5.02 Å². The van der Waals surface area contributed by atoms with E-state index >= 15 is 0 Å². The Morgan fingerprint density at radius 1 is 1.41 bits per heavy atom. The number of allylic oxidation sites excluding steroid dienone is 1. The molecule has 5 nitrogen and oxygen atoms in total. The normalized spacial score (nSPS) is 17.5. The van der Waals surface area contributed by atoms with Gasteiger partial charge in [-0.25, -0.2) is 0 Å². The second-order valence-electron chi connectivity index (χ2n) is 3.33. The number of nitrogens with two attached hydrogens (primary N) is 1. The number of hydrogen-bond donors (Lipinski definition) is 1. The van der Waals surface area contributed by atoms with Gasteiger partial charge >= 0.3 is 0 Å². The maximum absolute atomic E-state index is 11.4. The second kappa shape index (κ2) is 4.38. The van der Waals surface area contributed by atoms with Gasteiger partial charge in [0.1, 0.15) is 17.3 Å². The Morgan fingerprint density at radius 3 is 2.76 bits per heavy atom. The van der Waals surface area contributed by atoms with Crippen LogP contribution in [0, 0.1) is 0 Å². The van der Waals surface area contributed by atoms with Gasteiger partial charge in [0.15, 0.2) is 0 Å². The van der Waals surface area contributed by atoms with Crippen LogP contribution in [0.25, 0.3) is 0 Å². The third kappa shape index (κ3) is 2.59. The molecule has 0 spiro atoms. The maximum atomic E-state index is 11.4. The molecule has 0 unspecified atom stereocenters. The lowest BCUT2D eigenvalue weighted by Gasteiger charge is -2.07. The number of ether oxygens (including phenoxy) is 1. The van der Waals surface area contributed by atoms with Gasteiger partial charge in [0.05, 0.1) is 11.9 Å². The summed E-state index contributed by atoms with van der Waals surface area (Å²) in [6.07, 6.45) is 1.10. The molecule has 1 heterocycles. The Hall–Kier alpha value is -1.53. The molecule has 1 aromatic rings. The van der Waals surface area contributed by atoms with E-state index in [0.29, 0.717) is 10.8 Å². The first-order valence-electron chi connectivity index (χ1n) is 4.66. The monoisotopic (exact) mass is 272 g/mol. The van der Waals surface area contributed by atoms with Crippen LogP contribution in [-0.2, 0) is 10.0 Å². The number of halogens is 1. The molecular weight excluding hydrogens is 264 g/mol. The highest BCUT2D eigenvalue weighted by Crippen LogP contribution is 2.21. The zero-order chi connectivity index (χ0) is 12.5. The first-order chi connectivity index (χ1) is 7.99. The average Bonchev–Trinajstić information content (AvgIpc) is 2.51. The number of benzene rings is 1. The summed E-state index contributed by atoms with van der Waals surface area (Å²) in [5.41, 5.74) is 5.60. The Balaban J connectivity index is 2.12. The summed E-state index contributed by atoms with van der Waals surface area (Å²) in [5, 5.41) is 0.509. The number of hydrogen-bond acceptors (Lipinski definition) is 4. The SMILES string of the molecule is NC1=C(COc2cccc(Cl)c2)S(=O)(=O)N=C1. The lowest BCUT2D eigenvalue weighted by atomic mass is 10.3. The van der Waals surface area contributed by atoms with E-state index in [1.807, 2.05) is 0 Å². The van der Waals surface area contributed by atoms with Gasteiger partial charge in [-0.15, -0.1) is 0 Å². The molecule has 0 fully saturated rings. The van der Waals surface area contributed by atoms with Crippen molar-refractivity contribution in [2.45, 2.75) is 0 Å². The van der Waals surface area contributed by atoms with Crippen LogP contribution in [0.5, 0.6) is 5.75 Å². The molecule has 7 heteroatoms. The van der Waals surface area contributed by atoms with Crippen molar-refractivity contribution in [1.82, 2.24) is 0 Å². The highest BCUT2D eigenvalue weighted by atomic mass is 35.5. The fourth-order valence-electron chi connectivity index (χ4n) is 1.27. The van der Waals surface area contributed by atoms with Crippen molar-refractivity contribution in [3.05, 3.63) is 39.9 Å². The Labute approximate surface area is 104 Å². The van der Waals surface area contributed by atoms with E-state index in [2.05, 4.69) is 4.40 Å². The fraction of sp³-hybridized carbons (Fsp3) is 0.100. The van der Waals surface area contributed by atoms with Gasteiger partial charge in [-0.05, 0) is 18.2 Å². The first kappa shape index (κ1) is 11.9. The Morgan fingerprint density at radius 2 is 2.18 bits per heavy atom. The van der Waals surface area contributed by atoms with Gasteiger partial charge < -0.3 is 10.5 Å². The number of rotatable bonds is 3. The van der Waals surface area contributed by atoms with Crippen molar-refractivity contribution < 1.29 is 13.2 Å². The summed E-state index contributed by atoms with van der Waals surface area (Å²) in [6, 6.07) is 6.65. The average molecular weight is 273 g/mol. The zero-order valence-corrected chi connectivity index (χ0v) is 10.2. The van der Waals surface area contributed by atoms with E-state index in [0.717, 1.165) is 6.21 Å². The quantitative estimate of drug-likeness (QED) is 0.899. The summed E-state index contributed by atoms with van der Waals surface area (Å²) < 4.78 is 31.4. The zero-order valence-electron chi connectivity index (χ0n) is 8.63. The van der Waals surface area contributed by atoms with Gasteiger partial charge in [0.25, 0.3) is 10.0 Å². The van der Waals surface area contributed by atoms with Crippen molar-refractivity contribution in [2.75, 3.05) is 6.61 Å². The number of sulfonamides is 1. The topological polar surface area (TPSA) is 81.8 Å². The second-order valence-corrected chi connectivity index (χ2v) is 5.42. The highest BCUT2D eigenvalue weighted by molar-refractivity contribution is 7.94. The number of nitrogens with zero attached hydrogens (tertiary/aromatic N) is 1. The van der Waals surface area contributed by atoms with Gasteiger partial charge in [-0.2, -0.15) is 12.8 Å². The van der Waals surface area contributed by atoms with Crippen LogP contribution in [0.15, 0.2) is 39.3 Å². The van der Waals surface area contributed by atoms with Crippen molar-refractivity contribution >= 4 is 27.8 Å². The summed E-state index contributed by atoms with van der Waals surface area (Å²) in [7, 11) is -3.65. The van der Waals surface area contributed by atoms with Crippen molar-refractivity contribution in [3.63, 3.8) is 0 Å². The smallest absolute Gasteiger partial charge is 0.284 e. The molecule has 0 saturated carbocycles. The Bertz CT molecular complexity index is 608. The van der Waals surface area contributed by atoms with E-state index in [1.165, 1.54) is 0 Å². The molecule has 90 valence electrons. The summed E-state index contributed by atoms with van der Waals surface area (Å²) >= 11 is 5.77. The molecular formula is C10H9ClN2O3S. The third-order valence-electron chi connectivity index (χ3n) is 2.13. The van der Waals surface area contributed by atoms with Gasteiger partial charge in [-0.3, -0.25) is 0 Å². The van der Waals surface area contributed by atoms with Crippen LogP contribution in [-0.4, -0.2) is 21.2 Å². The third-order valence-corrected chi connectivity index (χ3v) is 3.72. The first-order valence-corrected chi connectivity index (χ1v) is 6.48. The predicted molar refractivity (Wildman–Crippen MR) is 65.6 cm³/mol. The van der Waals surface area contributed by atoms with Gasteiger partial charge in [-0.1, -0.05) is 17.7 Å². The Kier molecular flexibility index (Phi) is 3.08. The molecule has 1 aliphatic rings. The van der Waals surface area contributed by atoms with Crippen molar-refractivity contribution in [1.29, 1.82) is 0 Å². The minimum absolute atomic E-state index is 0.0301.